The van der Waals surface area contributed by atoms with Crippen molar-refractivity contribution in [2.45, 2.75) is 17.8 Å². The van der Waals surface area contributed by atoms with Gasteiger partial charge in [0, 0.05) is 22.9 Å². The smallest absolute Gasteiger partial charge is 0.191 e. The van der Waals surface area contributed by atoms with Gasteiger partial charge in [-0.05, 0) is 17.7 Å². The first-order chi connectivity index (χ1) is 12.2. The molecular weight excluding hydrogens is 354 g/mol. The third-order valence-electron chi connectivity index (χ3n) is 3.69. The van der Waals surface area contributed by atoms with E-state index < -0.39 is 6.10 Å². The molecule has 6 heteroatoms. The molecule has 3 rings (SSSR count). The molecule has 128 valence electrons. The lowest BCUT2D eigenvalue weighted by atomic mass is 10.1. The van der Waals surface area contributed by atoms with Crippen LogP contribution in [0.1, 0.15) is 11.7 Å². The first-order valence-electron chi connectivity index (χ1n) is 7.85. The van der Waals surface area contributed by atoms with E-state index in [9.17, 15) is 5.11 Å². The maximum Gasteiger partial charge on any atom is 0.191 e. The highest BCUT2D eigenvalue weighted by Crippen LogP contribution is 2.27. The molecule has 1 aromatic heterocycles. The number of aliphatic hydroxyl groups is 1. The van der Waals surface area contributed by atoms with Crippen LogP contribution in [0, 0.1) is 0 Å². The van der Waals surface area contributed by atoms with Gasteiger partial charge in [0.15, 0.2) is 11.0 Å². The van der Waals surface area contributed by atoms with Gasteiger partial charge in [0.25, 0.3) is 0 Å². The number of hydrogen-bond acceptors (Lipinski definition) is 4. The van der Waals surface area contributed by atoms with Gasteiger partial charge in [-0.15, -0.1) is 16.8 Å². The zero-order valence-electron chi connectivity index (χ0n) is 13.5. The van der Waals surface area contributed by atoms with Crippen molar-refractivity contribution in [3.8, 4) is 11.4 Å². The summed E-state index contributed by atoms with van der Waals surface area (Å²) in [6.07, 6.45) is 1.21. The number of aliphatic hydroxyl groups excluding tert-OH is 1. The molecule has 0 aliphatic rings. The van der Waals surface area contributed by atoms with Crippen molar-refractivity contribution in [3.63, 3.8) is 0 Å². The quantitative estimate of drug-likeness (QED) is 0.486. The minimum atomic E-state index is -0.601. The highest BCUT2D eigenvalue weighted by Gasteiger charge is 2.15. The third-order valence-corrected chi connectivity index (χ3v) is 4.98. The summed E-state index contributed by atoms with van der Waals surface area (Å²) in [5, 5.41) is 20.4. The molecule has 0 spiro atoms. The van der Waals surface area contributed by atoms with Gasteiger partial charge in [-0.1, -0.05) is 71.9 Å². The van der Waals surface area contributed by atoms with Crippen molar-refractivity contribution in [1.82, 2.24) is 14.8 Å². The molecule has 25 heavy (non-hydrogen) atoms. The van der Waals surface area contributed by atoms with Crippen molar-refractivity contribution >= 4 is 23.4 Å². The number of rotatable bonds is 7. The Bertz CT molecular complexity index is 834. The number of halogens is 1. The minimum absolute atomic E-state index is 0.478. The van der Waals surface area contributed by atoms with E-state index in [4.69, 9.17) is 11.6 Å². The number of hydrogen-bond donors (Lipinski definition) is 1. The molecular formula is C19H18ClN3OS. The largest absolute Gasteiger partial charge is 0.388 e. The monoisotopic (exact) mass is 371 g/mol. The fraction of sp³-hybridized carbons (Fsp3) is 0.158. The molecule has 1 unspecified atom stereocenters. The Morgan fingerprint density at radius 1 is 1.12 bits per heavy atom. The zero-order chi connectivity index (χ0) is 17.6. The fourth-order valence-electron chi connectivity index (χ4n) is 2.42. The summed E-state index contributed by atoms with van der Waals surface area (Å²) >= 11 is 7.36. The van der Waals surface area contributed by atoms with E-state index in [0.29, 0.717) is 17.3 Å². The van der Waals surface area contributed by atoms with Crippen molar-refractivity contribution in [2.24, 2.45) is 0 Å². The van der Waals surface area contributed by atoms with Crippen molar-refractivity contribution < 1.29 is 5.11 Å². The molecule has 1 atom stereocenters. The van der Waals surface area contributed by atoms with Gasteiger partial charge in [0.1, 0.15) is 0 Å². The molecule has 0 aliphatic carbocycles. The Balaban J connectivity index is 1.77. The van der Waals surface area contributed by atoms with Crippen LogP contribution in [0.5, 0.6) is 0 Å². The second kappa shape index (κ2) is 8.34. The Labute approximate surface area is 156 Å². The Hall–Kier alpha value is -2.08. The molecule has 0 aliphatic heterocycles. The van der Waals surface area contributed by atoms with Crippen LogP contribution in [0.2, 0.25) is 5.02 Å². The zero-order valence-corrected chi connectivity index (χ0v) is 15.1. The van der Waals surface area contributed by atoms with Crippen LogP contribution >= 0.6 is 23.4 Å². The maximum absolute atomic E-state index is 10.4. The van der Waals surface area contributed by atoms with Crippen LogP contribution in [-0.4, -0.2) is 25.6 Å². The lowest BCUT2D eigenvalue weighted by Crippen LogP contribution is -2.04. The van der Waals surface area contributed by atoms with Crippen LogP contribution in [0.4, 0.5) is 0 Å². The first kappa shape index (κ1) is 17.7. The van der Waals surface area contributed by atoms with E-state index in [-0.39, 0.29) is 0 Å². The molecule has 0 saturated carbocycles. The normalized spacial score (nSPS) is 12.1. The van der Waals surface area contributed by atoms with Crippen LogP contribution in [0.3, 0.4) is 0 Å². The molecule has 2 aromatic carbocycles. The van der Waals surface area contributed by atoms with Gasteiger partial charge >= 0.3 is 0 Å². The fourth-order valence-corrected chi connectivity index (χ4v) is 3.47. The van der Waals surface area contributed by atoms with Crippen molar-refractivity contribution in [3.05, 3.63) is 77.8 Å². The highest BCUT2D eigenvalue weighted by atomic mass is 35.5. The summed E-state index contributed by atoms with van der Waals surface area (Å²) < 4.78 is 2.00. The summed E-state index contributed by atoms with van der Waals surface area (Å²) in [5.74, 6) is 1.27. The van der Waals surface area contributed by atoms with E-state index in [1.54, 1.807) is 12.1 Å². The number of thioether (sulfide) groups is 1. The van der Waals surface area contributed by atoms with E-state index >= 15 is 0 Å². The van der Waals surface area contributed by atoms with Crippen molar-refractivity contribution in [1.29, 1.82) is 0 Å². The van der Waals surface area contributed by atoms with Gasteiger partial charge in [-0.25, -0.2) is 0 Å². The molecule has 0 radical (unpaired) electrons. The predicted molar refractivity (Wildman–Crippen MR) is 103 cm³/mol. The Morgan fingerprint density at radius 2 is 1.84 bits per heavy atom. The lowest BCUT2D eigenvalue weighted by molar-refractivity contribution is 0.204. The second-order valence-corrected chi connectivity index (χ2v) is 6.87. The second-order valence-electron chi connectivity index (χ2n) is 5.45. The summed E-state index contributed by atoms with van der Waals surface area (Å²) in [6, 6.07) is 17.1. The summed E-state index contributed by atoms with van der Waals surface area (Å²) in [7, 11) is 0. The predicted octanol–water partition coefficient (Wildman–Crippen LogP) is 4.61. The standard InChI is InChI=1S/C19H18ClN3OS/c1-2-12-23-18(15-6-4-3-5-7-15)21-22-19(23)25-13-17(24)14-8-10-16(20)11-9-14/h2-11,17,24H,1,12-13H2. The molecule has 0 saturated heterocycles. The maximum atomic E-state index is 10.4. The first-order valence-corrected chi connectivity index (χ1v) is 9.21. The molecule has 3 aromatic rings. The minimum Gasteiger partial charge on any atom is -0.388 e. The van der Waals surface area contributed by atoms with E-state index in [1.165, 1.54) is 11.8 Å². The molecule has 0 fully saturated rings. The molecule has 4 nitrogen and oxygen atoms in total. The third kappa shape index (κ3) is 4.31. The molecule has 1 N–H and O–H groups in total. The van der Waals surface area contributed by atoms with Gasteiger partial charge in [0.2, 0.25) is 0 Å². The number of aromatic nitrogens is 3. The summed E-state index contributed by atoms with van der Waals surface area (Å²) in [6.45, 7) is 4.42. The molecule has 1 heterocycles. The van der Waals surface area contributed by atoms with Crippen LogP contribution in [0.15, 0.2) is 72.4 Å². The average Bonchev–Trinajstić information content (AvgIpc) is 3.04. The highest BCUT2D eigenvalue weighted by molar-refractivity contribution is 7.99. The average molecular weight is 372 g/mol. The number of nitrogens with zero attached hydrogens (tertiary/aromatic N) is 3. The van der Waals surface area contributed by atoms with Crippen molar-refractivity contribution in [2.75, 3.05) is 5.75 Å². The van der Waals surface area contributed by atoms with Gasteiger partial charge < -0.3 is 5.11 Å². The topological polar surface area (TPSA) is 50.9 Å². The van der Waals surface area contributed by atoms with Crippen LogP contribution in [-0.2, 0) is 6.54 Å². The molecule has 0 bridgehead atoms. The van der Waals surface area contributed by atoms with Gasteiger partial charge in [-0.2, -0.15) is 0 Å². The lowest BCUT2D eigenvalue weighted by Gasteiger charge is -2.11. The number of allylic oxidation sites excluding steroid dienone is 1. The van der Waals surface area contributed by atoms with Gasteiger partial charge in [-0.3, -0.25) is 4.57 Å². The van der Waals surface area contributed by atoms with Crippen LogP contribution < -0.4 is 0 Å². The Kier molecular flexibility index (Phi) is 5.91. The van der Waals surface area contributed by atoms with E-state index in [2.05, 4.69) is 16.8 Å². The Morgan fingerprint density at radius 3 is 2.52 bits per heavy atom. The molecule has 0 amide bonds. The van der Waals surface area contributed by atoms with E-state index in [1.807, 2.05) is 53.1 Å². The summed E-state index contributed by atoms with van der Waals surface area (Å²) in [4.78, 5) is 0. The van der Waals surface area contributed by atoms with Crippen LogP contribution in [0.25, 0.3) is 11.4 Å². The van der Waals surface area contributed by atoms with Gasteiger partial charge in [0.05, 0.1) is 6.10 Å². The summed E-state index contributed by atoms with van der Waals surface area (Å²) in [5.41, 5.74) is 1.83. The number of benzene rings is 2. The SMILES string of the molecule is C=CCn1c(SCC(O)c2ccc(Cl)cc2)nnc1-c1ccccc1. The van der Waals surface area contributed by atoms with E-state index in [0.717, 1.165) is 22.1 Å².